The Hall–Kier alpha value is -0.490. The van der Waals surface area contributed by atoms with Crippen LogP contribution in [-0.2, 0) is 0 Å². The Morgan fingerprint density at radius 2 is 1.82 bits per heavy atom. The van der Waals surface area contributed by atoms with Gasteiger partial charge >= 0.3 is 0 Å². The summed E-state index contributed by atoms with van der Waals surface area (Å²) in [6, 6.07) is 8.67. The molecule has 0 radical (unpaired) electrons. The molecule has 11 heavy (non-hydrogen) atoms. The molecule has 2 atom stereocenters. The molecule has 0 N–H and O–H groups in total. The fourth-order valence-electron chi connectivity index (χ4n) is 1.32. The van der Waals surface area contributed by atoms with Crippen LogP contribution in [0.2, 0.25) is 0 Å². The summed E-state index contributed by atoms with van der Waals surface area (Å²) in [4.78, 5) is 0. The van der Waals surface area contributed by atoms with E-state index in [1.165, 1.54) is 11.1 Å². The second-order valence-electron chi connectivity index (χ2n) is 3.27. The van der Waals surface area contributed by atoms with Crippen LogP contribution in [0.15, 0.2) is 24.3 Å². The standard InChI is InChI=1S/C10H11Cl/c1-7-2-4-8(5-3-7)9-6-10(9)11/h2-5,9-10H,6H2,1H3/t9?,10-/m1/s1. The first kappa shape index (κ1) is 7.17. The lowest BCUT2D eigenvalue weighted by Gasteiger charge is -1.97. The minimum absolute atomic E-state index is 0.401. The fraction of sp³-hybridized carbons (Fsp3) is 0.400. The number of alkyl halides is 1. The summed E-state index contributed by atoms with van der Waals surface area (Å²) < 4.78 is 0. The maximum Gasteiger partial charge on any atom is 0.0411 e. The molecule has 0 heterocycles. The summed E-state index contributed by atoms with van der Waals surface area (Å²) in [5, 5.41) is 0.401. The van der Waals surface area contributed by atoms with Crippen molar-refractivity contribution in [1.29, 1.82) is 0 Å². The van der Waals surface area contributed by atoms with E-state index >= 15 is 0 Å². The van der Waals surface area contributed by atoms with E-state index in [0.29, 0.717) is 11.3 Å². The summed E-state index contributed by atoms with van der Waals surface area (Å²) in [5.74, 6) is 0.636. The Morgan fingerprint density at radius 1 is 1.27 bits per heavy atom. The summed E-state index contributed by atoms with van der Waals surface area (Å²) in [6.07, 6.45) is 1.16. The van der Waals surface area contributed by atoms with Gasteiger partial charge in [-0.25, -0.2) is 0 Å². The highest BCUT2D eigenvalue weighted by atomic mass is 35.5. The van der Waals surface area contributed by atoms with E-state index in [4.69, 9.17) is 11.6 Å². The molecule has 1 aromatic rings. The van der Waals surface area contributed by atoms with E-state index < -0.39 is 0 Å². The highest BCUT2D eigenvalue weighted by molar-refractivity contribution is 6.23. The normalized spacial score (nSPS) is 28.5. The van der Waals surface area contributed by atoms with Crippen LogP contribution >= 0.6 is 11.6 Å². The van der Waals surface area contributed by atoms with Gasteiger partial charge in [0.25, 0.3) is 0 Å². The van der Waals surface area contributed by atoms with Gasteiger partial charge in [0, 0.05) is 11.3 Å². The molecule has 1 aromatic carbocycles. The molecular formula is C10H11Cl. The third-order valence-electron chi connectivity index (χ3n) is 2.22. The Labute approximate surface area is 72.2 Å². The second-order valence-corrected chi connectivity index (χ2v) is 3.83. The predicted octanol–water partition coefficient (Wildman–Crippen LogP) is 3.09. The van der Waals surface area contributed by atoms with E-state index in [1.54, 1.807) is 0 Å². The van der Waals surface area contributed by atoms with Gasteiger partial charge in [0.2, 0.25) is 0 Å². The monoisotopic (exact) mass is 166 g/mol. The van der Waals surface area contributed by atoms with Gasteiger partial charge in [-0.2, -0.15) is 0 Å². The molecule has 1 saturated carbocycles. The molecular weight excluding hydrogens is 156 g/mol. The largest absolute Gasteiger partial charge is 0.122 e. The van der Waals surface area contributed by atoms with Crippen LogP contribution < -0.4 is 0 Å². The molecule has 58 valence electrons. The van der Waals surface area contributed by atoms with Crippen LogP contribution in [-0.4, -0.2) is 5.38 Å². The molecule has 0 amide bonds. The molecule has 1 aliphatic rings. The lowest BCUT2D eigenvalue weighted by molar-refractivity contribution is 1.13. The molecule has 1 unspecified atom stereocenters. The lowest BCUT2D eigenvalue weighted by atomic mass is 10.1. The molecule has 0 aliphatic heterocycles. The Balaban J connectivity index is 2.21. The smallest absolute Gasteiger partial charge is 0.0411 e. The van der Waals surface area contributed by atoms with E-state index in [9.17, 15) is 0 Å². The quantitative estimate of drug-likeness (QED) is 0.563. The molecule has 1 aliphatic carbocycles. The van der Waals surface area contributed by atoms with E-state index in [-0.39, 0.29) is 0 Å². The van der Waals surface area contributed by atoms with Gasteiger partial charge in [0.05, 0.1) is 0 Å². The van der Waals surface area contributed by atoms with Crippen molar-refractivity contribution in [3.8, 4) is 0 Å². The van der Waals surface area contributed by atoms with Gasteiger partial charge in [-0.1, -0.05) is 29.8 Å². The van der Waals surface area contributed by atoms with E-state index in [1.807, 2.05) is 0 Å². The summed E-state index contributed by atoms with van der Waals surface area (Å²) in [5.41, 5.74) is 2.72. The first-order valence-corrected chi connectivity index (χ1v) is 4.41. The van der Waals surface area contributed by atoms with Crippen LogP contribution in [0, 0.1) is 6.92 Å². The van der Waals surface area contributed by atoms with Gasteiger partial charge in [-0.3, -0.25) is 0 Å². The van der Waals surface area contributed by atoms with Gasteiger partial charge in [-0.15, -0.1) is 11.6 Å². The molecule has 0 spiro atoms. The second kappa shape index (κ2) is 2.53. The molecule has 1 fully saturated rings. The number of rotatable bonds is 1. The summed E-state index contributed by atoms with van der Waals surface area (Å²) in [7, 11) is 0. The molecule has 0 saturated heterocycles. The fourth-order valence-corrected chi connectivity index (χ4v) is 1.66. The van der Waals surface area contributed by atoms with Crippen molar-refractivity contribution < 1.29 is 0 Å². The molecule has 0 aromatic heterocycles. The van der Waals surface area contributed by atoms with Gasteiger partial charge in [0.15, 0.2) is 0 Å². The highest BCUT2D eigenvalue weighted by Gasteiger charge is 2.36. The van der Waals surface area contributed by atoms with E-state index in [2.05, 4.69) is 31.2 Å². The van der Waals surface area contributed by atoms with Crippen LogP contribution in [0.1, 0.15) is 23.5 Å². The van der Waals surface area contributed by atoms with Crippen molar-refractivity contribution in [1.82, 2.24) is 0 Å². The Kier molecular flexibility index (Phi) is 1.65. The third-order valence-corrected chi connectivity index (χ3v) is 2.70. The first-order valence-electron chi connectivity index (χ1n) is 3.98. The average molecular weight is 167 g/mol. The molecule has 0 bridgehead atoms. The first-order chi connectivity index (χ1) is 5.27. The van der Waals surface area contributed by atoms with Crippen molar-refractivity contribution in [2.75, 3.05) is 0 Å². The Bertz CT molecular complexity index is 250. The highest BCUT2D eigenvalue weighted by Crippen LogP contribution is 2.44. The third kappa shape index (κ3) is 1.41. The number of hydrogen-bond acceptors (Lipinski definition) is 0. The minimum atomic E-state index is 0.401. The number of halogens is 1. The molecule has 2 rings (SSSR count). The Morgan fingerprint density at radius 3 is 2.27 bits per heavy atom. The topological polar surface area (TPSA) is 0 Å². The SMILES string of the molecule is Cc1ccc(C2C[C@H]2Cl)cc1. The van der Waals surface area contributed by atoms with Crippen LogP contribution in [0.4, 0.5) is 0 Å². The van der Waals surface area contributed by atoms with Crippen LogP contribution in [0.3, 0.4) is 0 Å². The van der Waals surface area contributed by atoms with Crippen LogP contribution in [0.25, 0.3) is 0 Å². The van der Waals surface area contributed by atoms with Crippen molar-refractivity contribution >= 4 is 11.6 Å². The number of aryl methyl sites for hydroxylation is 1. The summed E-state index contributed by atoms with van der Waals surface area (Å²) in [6.45, 7) is 2.11. The van der Waals surface area contributed by atoms with E-state index in [0.717, 1.165) is 6.42 Å². The van der Waals surface area contributed by atoms with Gasteiger partial charge in [0.1, 0.15) is 0 Å². The zero-order chi connectivity index (χ0) is 7.84. The van der Waals surface area contributed by atoms with Gasteiger partial charge < -0.3 is 0 Å². The minimum Gasteiger partial charge on any atom is -0.122 e. The molecule has 0 nitrogen and oxygen atoms in total. The van der Waals surface area contributed by atoms with Crippen LogP contribution in [0.5, 0.6) is 0 Å². The van der Waals surface area contributed by atoms with Crippen molar-refractivity contribution in [2.24, 2.45) is 0 Å². The average Bonchev–Trinajstić information content (AvgIpc) is 2.69. The number of benzene rings is 1. The van der Waals surface area contributed by atoms with Crippen molar-refractivity contribution in [3.05, 3.63) is 35.4 Å². The summed E-state index contributed by atoms with van der Waals surface area (Å²) >= 11 is 5.93. The lowest BCUT2D eigenvalue weighted by Crippen LogP contribution is -1.81. The predicted molar refractivity (Wildman–Crippen MR) is 48.2 cm³/mol. The van der Waals surface area contributed by atoms with Crippen molar-refractivity contribution in [3.63, 3.8) is 0 Å². The number of hydrogen-bond donors (Lipinski definition) is 0. The zero-order valence-electron chi connectivity index (χ0n) is 6.55. The maximum atomic E-state index is 5.93. The van der Waals surface area contributed by atoms with Crippen molar-refractivity contribution in [2.45, 2.75) is 24.6 Å². The zero-order valence-corrected chi connectivity index (χ0v) is 7.31. The molecule has 1 heteroatoms. The maximum absolute atomic E-state index is 5.93. The van der Waals surface area contributed by atoms with Gasteiger partial charge in [-0.05, 0) is 18.9 Å².